The third-order valence-corrected chi connectivity index (χ3v) is 5.50. The molecule has 0 spiro atoms. The van der Waals surface area contributed by atoms with Crippen molar-refractivity contribution in [2.45, 2.75) is 18.1 Å². The number of rotatable bonds is 2. The van der Waals surface area contributed by atoms with Gasteiger partial charge in [-0.1, -0.05) is 0 Å². The molecule has 0 radical (unpaired) electrons. The molecule has 94 valence electrons. The van der Waals surface area contributed by atoms with Gasteiger partial charge >= 0.3 is 0 Å². The first-order chi connectivity index (χ1) is 8.62. The summed E-state index contributed by atoms with van der Waals surface area (Å²) in [5.41, 5.74) is 1.31. The Kier molecular flexibility index (Phi) is 2.48. The van der Waals surface area contributed by atoms with Crippen LogP contribution in [0.5, 0.6) is 0 Å². The topological polar surface area (TPSA) is 68.5 Å². The fourth-order valence-electron chi connectivity index (χ4n) is 2.42. The minimum Gasteiger partial charge on any atom is -0.302 e. The fraction of sp³-hybridized carbons (Fsp3) is 0.333. The van der Waals surface area contributed by atoms with Crippen molar-refractivity contribution in [3.8, 4) is 0 Å². The van der Waals surface area contributed by atoms with E-state index in [0.29, 0.717) is 24.2 Å². The van der Waals surface area contributed by atoms with Gasteiger partial charge in [-0.25, -0.2) is 13.4 Å². The molecule has 0 N–H and O–H groups in total. The van der Waals surface area contributed by atoms with E-state index >= 15 is 0 Å². The van der Waals surface area contributed by atoms with E-state index in [0.717, 1.165) is 11.8 Å². The van der Waals surface area contributed by atoms with Crippen molar-refractivity contribution in [3.05, 3.63) is 35.9 Å². The predicted molar refractivity (Wildman–Crippen MR) is 66.3 cm³/mol. The average molecular weight is 264 g/mol. The highest BCUT2D eigenvalue weighted by atomic mass is 32.2. The van der Waals surface area contributed by atoms with E-state index in [2.05, 4.69) is 4.98 Å². The van der Waals surface area contributed by atoms with E-state index in [-0.39, 0.29) is 5.75 Å². The number of carbonyl (C=O) groups is 1. The van der Waals surface area contributed by atoms with Gasteiger partial charge in [-0.15, -0.1) is 0 Å². The second-order valence-electron chi connectivity index (χ2n) is 4.49. The van der Waals surface area contributed by atoms with Crippen molar-refractivity contribution in [2.24, 2.45) is 0 Å². The number of pyridine rings is 1. The third-order valence-electron chi connectivity index (χ3n) is 3.33. The molecule has 1 aliphatic rings. The SMILES string of the molecule is O=Cc1ccc2cnc(C3CCCS3(=O)=O)n2c1. The first kappa shape index (κ1) is 11.4. The van der Waals surface area contributed by atoms with E-state index in [4.69, 9.17) is 0 Å². The lowest BCUT2D eigenvalue weighted by molar-refractivity contribution is 0.112. The van der Waals surface area contributed by atoms with E-state index in [1.54, 1.807) is 28.9 Å². The van der Waals surface area contributed by atoms with Gasteiger partial charge in [-0.2, -0.15) is 0 Å². The second-order valence-corrected chi connectivity index (χ2v) is 6.79. The first-order valence-corrected chi connectivity index (χ1v) is 7.47. The van der Waals surface area contributed by atoms with Crippen LogP contribution >= 0.6 is 0 Å². The molecule has 0 amide bonds. The van der Waals surface area contributed by atoms with Crippen LogP contribution in [0, 0.1) is 0 Å². The van der Waals surface area contributed by atoms with E-state index in [1.165, 1.54) is 0 Å². The van der Waals surface area contributed by atoms with Crippen molar-refractivity contribution in [3.63, 3.8) is 0 Å². The molecule has 1 saturated heterocycles. The summed E-state index contributed by atoms with van der Waals surface area (Å²) in [6, 6.07) is 3.46. The molecule has 0 bridgehead atoms. The zero-order valence-corrected chi connectivity index (χ0v) is 10.4. The monoisotopic (exact) mass is 264 g/mol. The van der Waals surface area contributed by atoms with Crippen LogP contribution in [-0.4, -0.2) is 29.8 Å². The van der Waals surface area contributed by atoms with E-state index in [1.807, 2.05) is 0 Å². The summed E-state index contributed by atoms with van der Waals surface area (Å²) >= 11 is 0. The Balaban J connectivity index is 2.20. The van der Waals surface area contributed by atoms with Crippen molar-refractivity contribution >= 4 is 21.6 Å². The molecule has 0 aromatic carbocycles. The van der Waals surface area contributed by atoms with Gasteiger partial charge in [0.05, 0.1) is 17.5 Å². The highest BCUT2D eigenvalue weighted by molar-refractivity contribution is 7.91. The lowest BCUT2D eigenvalue weighted by Gasteiger charge is -2.08. The number of hydrogen-bond donors (Lipinski definition) is 0. The molecule has 5 nitrogen and oxygen atoms in total. The van der Waals surface area contributed by atoms with E-state index < -0.39 is 15.1 Å². The molecule has 0 aliphatic carbocycles. The Morgan fingerprint density at radius 2 is 2.22 bits per heavy atom. The number of imidazole rings is 1. The fourth-order valence-corrected chi connectivity index (χ4v) is 4.29. The van der Waals surface area contributed by atoms with Gasteiger partial charge < -0.3 is 4.40 Å². The van der Waals surface area contributed by atoms with Crippen molar-refractivity contribution in [1.82, 2.24) is 9.38 Å². The number of hydrogen-bond acceptors (Lipinski definition) is 4. The summed E-state index contributed by atoms with van der Waals surface area (Å²) in [7, 11) is -3.09. The highest BCUT2D eigenvalue weighted by Crippen LogP contribution is 2.34. The number of nitrogens with zero attached hydrogens (tertiary/aromatic N) is 2. The number of aromatic nitrogens is 2. The van der Waals surface area contributed by atoms with Crippen molar-refractivity contribution in [2.75, 3.05) is 5.75 Å². The van der Waals surface area contributed by atoms with Crippen molar-refractivity contribution in [1.29, 1.82) is 0 Å². The lowest BCUT2D eigenvalue weighted by atomic mass is 10.2. The highest BCUT2D eigenvalue weighted by Gasteiger charge is 2.35. The second kappa shape index (κ2) is 3.91. The standard InChI is InChI=1S/C12H12N2O3S/c15-8-9-3-4-10-6-13-12(14(10)7-9)11-2-1-5-18(11,16)17/h3-4,6-8,11H,1-2,5H2. The summed E-state index contributed by atoms with van der Waals surface area (Å²) in [6.45, 7) is 0. The molecule has 1 unspecified atom stereocenters. The molecule has 3 heterocycles. The van der Waals surface area contributed by atoms with Crippen LogP contribution in [0.1, 0.15) is 34.3 Å². The van der Waals surface area contributed by atoms with Gasteiger partial charge in [0.2, 0.25) is 0 Å². The maximum Gasteiger partial charge on any atom is 0.160 e. The molecule has 1 fully saturated rings. The van der Waals surface area contributed by atoms with Gasteiger partial charge in [0.1, 0.15) is 11.1 Å². The molecule has 6 heteroatoms. The van der Waals surface area contributed by atoms with Crippen molar-refractivity contribution < 1.29 is 13.2 Å². The molecular formula is C12H12N2O3S. The number of aldehydes is 1. The van der Waals surface area contributed by atoms with Gasteiger partial charge in [-0.3, -0.25) is 4.79 Å². The summed E-state index contributed by atoms with van der Waals surface area (Å²) in [4.78, 5) is 15.0. The Bertz CT molecular complexity index is 718. The van der Waals surface area contributed by atoms with Gasteiger partial charge in [0, 0.05) is 11.8 Å². The lowest BCUT2D eigenvalue weighted by Crippen LogP contribution is -2.11. The zero-order valence-electron chi connectivity index (χ0n) is 9.61. The first-order valence-electron chi connectivity index (χ1n) is 5.75. The minimum atomic E-state index is -3.09. The number of fused-ring (bicyclic) bond motifs is 1. The normalized spacial score (nSPS) is 22.3. The van der Waals surface area contributed by atoms with Crippen LogP contribution in [-0.2, 0) is 9.84 Å². The quantitative estimate of drug-likeness (QED) is 0.769. The maximum atomic E-state index is 11.9. The Labute approximate surface area is 104 Å². The van der Waals surface area contributed by atoms with E-state index in [9.17, 15) is 13.2 Å². The molecule has 1 aliphatic heterocycles. The minimum absolute atomic E-state index is 0.222. The number of carbonyl (C=O) groups excluding carboxylic acids is 1. The maximum absolute atomic E-state index is 11.9. The zero-order chi connectivity index (χ0) is 12.8. The Hall–Kier alpha value is -1.69. The van der Waals surface area contributed by atoms with Crippen LogP contribution in [0.3, 0.4) is 0 Å². The smallest absolute Gasteiger partial charge is 0.160 e. The molecule has 2 aromatic heterocycles. The van der Waals surface area contributed by atoms with Gasteiger partial charge in [0.15, 0.2) is 16.1 Å². The summed E-state index contributed by atoms with van der Waals surface area (Å²) in [5, 5.41) is -0.540. The average Bonchev–Trinajstić information content (AvgIpc) is 2.90. The summed E-state index contributed by atoms with van der Waals surface area (Å²) < 4.78 is 25.6. The predicted octanol–water partition coefficient (Wildman–Crippen LogP) is 1.40. The molecular weight excluding hydrogens is 252 g/mol. The van der Waals surface area contributed by atoms with Crippen LogP contribution in [0.4, 0.5) is 0 Å². The summed E-state index contributed by atoms with van der Waals surface area (Å²) in [6.07, 6.45) is 5.30. The Morgan fingerprint density at radius 3 is 2.89 bits per heavy atom. The van der Waals surface area contributed by atoms with Crippen LogP contribution in [0.15, 0.2) is 24.5 Å². The van der Waals surface area contributed by atoms with Crippen LogP contribution in [0.25, 0.3) is 5.52 Å². The third kappa shape index (κ3) is 1.64. The molecule has 18 heavy (non-hydrogen) atoms. The van der Waals surface area contributed by atoms with Crippen LogP contribution < -0.4 is 0 Å². The van der Waals surface area contributed by atoms with Crippen LogP contribution in [0.2, 0.25) is 0 Å². The van der Waals surface area contributed by atoms with Gasteiger partial charge in [-0.05, 0) is 25.0 Å². The van der Waals surface area contributed by atoms with Gasteiger partial charge in [0.25, 0.3) is 0 Å². The molecule has 2 aromatic rings. The molecule has 1 atom stereocenters. The molecule has 0 saturated carbocycles. The number of sulfone groups is 1. The Morgan fingerprint density at radius 1 is 1.39 bits per heavy atom. The largest absolute Gasteiger partial charge is 0.302 e. The molecule has 3 rings (SSSR count). The summed E-state index contributed by atoms with van der Waals surface area (Å²) in [5.74, 6) is 0.742.